The fourth-order valence-electron chi connectivity index (χ4n) is 3.46. The number of hydrazone groups is 1. The van der Waals surface area contributed by atoms with Crippen LogP contribution in [0, 0.1) is 0 Å². The van der Waals surface area contributed by atoms with Gasteiger partial charge in [0.1, 0.15) is 11.7 Å². The lowest BCUT2D eigenvalue weighted by atomic mass is 10.1. The molecule has 7 heteroatoms. The SMILES string of the molecule is F[C@H]1C[C@@H](c2ccccc2)N2N=C(n3nnc4ccccc43)NC12. The Morgan fingerprint density at radius 3 is 2.71 bits per heavy atom. The predicted molar refractivity (Wildman–Crippen MR) is 87.8 cm³/mol. The molecule has 0 amide bonds. The number of hydrogen-bond acceptors (Lipinski definition) is 5. The van der Waals surface area contributed by atoms with Crippen molar-refractivity contribution in [2.45, 2.75) is 24.8 Å². The zero-order chi connectivity index (χ0) is 16.1. The van der Waals surface area contributed by atoms with Crippen LogP contribution >= 0.6 is 0 Å². The van der Waals surface area contributed by atoms with Crippen LogP contribution in [0.5, 0.6) is 0 Å². The van der Waals surface area contributed by atoms with E-state index in [2.05, 4.69) is 20.7 Å². The molecule has 3 aromatic rings. The van der Waals surface area contributed by atoms with Gasteiger partial charge in [-0.2, -0.15) is 4.68 Å². The molecule has 1 unspecified atom stereocenters. The summed E-state index contributed by atoms with van der Waals surface area (Å²) in [4.78, 5) is 0. The van der Waals surface area contributed by atoms with Crippen LogP contribution in [0.1, 0.15) is 18.0 Å². The number of halogens is 1. The van der Waals surface area contributed by atoms with E-state index in [0.29, 0.717) is 12.4 Å². The molecule has 0 radical (unpaired) electrons. The van der Waals surface area contributed by atoms with Crippen LogP contribution in [0.15, 0.2) is 59.7 Å². The Labute approximate surface area is 137 Å². The van der Waals surface area contributed by atoms with Gasteiger partial charge in [-0.3, -0.25) is 5.01 Å². The molecule has 5 rings (SSSR count). The molecule has 2 aliphatic heterocycles. The quantitative estimate of drug-likeness (QED) is 0.747. The summed E-state index contributed by atoms with van der Waals surface area (Å²) in [6.07, 6.45) is -1.03. The normalized spacial score (nSPS) is 25.6. The van der Waals surface area contributed by atoms with Gasteiger partial charge < -0.3 is 5.32 Å². The van der Waals surface area contributed by atoms with Gasteiger partial charge in [0.05, 0.1) is 11.6 Å². The molecule has 1 N–H and O–H groups in total. The lowest BCUT2D eigenvalue weighted by Crippen LogP contribution is -2.41. The van der Waals surface area contributed by atoms with E-state index in [-0.39, 0.29) is 6.04 Å². The topological polar surface area (TPSA) is 58.3 Å². The minimum atomic E-state index is -0.994. The molecule has 1 saturated heterocycles. The molecule has 1 fully saturated rings. The van der Waals surface area contributed by atoms with Gasteiger partial charge in [-0.05, 0) is 17.7 Å². The fraction of sp³-hybridized carbons (Fsp3) is 0.235. The fourth-order valence-corrected chi connectivity index (χ4v) is 3.46. The molecule has 2 aromatic carbocycles. The highest BCUT2D eigenvalue weighted by molar-refractivity contribution is 5.91. The largest absolute Gasteiger partial charge is 0.329 e. The Hall–Kier alpha value is -2.96. The lowest BCUT2D eigenvalue weighted by molar-refractivity contribution is 0.180. The first kappa shape index (κ1) is 13.5. The second kappa shape index (κ2) is 5.02. The van der Waals surface area contributed by atoms with E-state index in [1.807, 2.05) is 59.6 Å². The third kappa shape index (κ3) is 1.90. The Bertz CT molecular complexity index is 921. The van der Waals surface area contributed by atoms with Gasteiger partial charge in [-0.1, -0.05) is 47.7 Å². The Morgan fingerprint density at radius 1 is 1.04 bits per heavy atom. The summed E-state index contributed by atoms with van der Waals surface area (Å²) in [6.45, 7) is 0. The number of fused-ring (bicyclic) bond motifs is 2. The van der Waals surface area contributed by atoms with Gasteiger partial charge in [0.15, 0.2) is 6.17 Å². The second-order valence-corrected chi connectivity index (χ2v) is 6.06. The second-order valence-electron chi connectivity index (χ2n) is 6.06. The molecule has 3 heterocycles. The first-order valence-electron chi connectivity index (χ1n) is 7.94. The van der Waals surface area contributed by atoms with Crippen molar-refractivity contribution >= 4 is 17.0 Å². The molecule has 2 aliphatic rings. The number of benzene rings is 2. The van der Waals surface area contributed by atoms with Crippen LogP contribution in [0.4, 0.5) is 4.39 Å². The van der Waals surface area contributed by atoms with Crippen molar-refractivity contribution in [3.63, 3.8) is 0 Å². The number of nitrogens with zero attached hydrogens (tertiary/aromatic N) is 5. The van der Waals surface area contributed by atoms with Crippen molar-refractivity contribution in [1.82, 2.24) is 25.3 Å². The Kier molecular flexibility index (Phi) is 2.82. The average molecular weight is 322 g/mol. The number of hydrogen-bond donors (Lipinski definition) is 1. The van der Waals surface area contributed by atoms with E-state index < -0.39 is 12.3 Å². The van der Waals surface area contributed by atoms with Crippen LogP contribution in [-0.2, 0) is 0 Å². The minimum absolute atomic E-state index is 0.0778. The molecular formula is C17H15FN6. The number of para-hydroxylation sites is 1. The third-order valence-corrected chi connectivity index (χ3v) is 4.62. The summed E-state index contributed by atoms with van der Waals surface area (Å²) in [5, 5.41) is 17.9. The number of nitrogens with one attached hydrogen (secondary N) is 1. The Balaban J connectivity index is 1.54. The van der Waals surface area contributed by atoms with E-state index in [4.69, 9.17) is 0 Å². The molecule has 0 bridgehead atoms. The zero-order valence-corrected chi connectivity index (χ0v) is 12.7. The molecular weight excluding hydrogens is 307 g/mol. The van der Waals surface area contributed by atoms with Gasteiger partial charge in [0.2, 0.25) is 5.96 Å². The van der Waals surface area contributed by atoms with E-state index in [1.54, 1.807) is 4.68 Å². The van der Waals surface area contributed by atoms with Crippen LogP contribution in [0.25, 0.3) is 11.0 Å². The lowest BCUT2D eigenvalue weighted by Gasteiger charge is -2.21. The Morgan fingerprint density at radius 2 is 1.83 bits per heavy atom. The minimum Gasteiger partial charge on any atom is -0.329 e. The summed E-state index contributed by atoms with van der Waals surface area (Å²) in [7, 11) is 0. The van der Waals surface area contributed by atoms with E-state index in [1.165, 1.54) is 0 Å². The monoisotopic (exact) mass is 322 g/mol. The van der Waals surface area contributed by atoms with Gasteiger partial charge >= 0.3 is 0 Å². The molecule has 0 saturated carbocycles. The maximum absolute atomic E-state index is 14.5. The van der Waals surface area contributed by atoms with Gasteiger partial charge in [-0.15, -0.1) is 10.2 Å². The van der Waals surface area contributed by atoms with Crippen molar-refractivity contribution in [3.05, 3.63) is 60.2 Å². The first-order chi connectivity index (χ1) is 11.8. The predicted octanol–water partition coefficient (Wildman–Crippen LogP) is 2.26. The van der Waals surface area contributed by atoms with Gasteiger partial charge in [-0.25, -0.2) is 4.39 Å². The zero-order valence-electron chi connectivity index (χ0n) is 12.7. The van der Waals surface area contributed by atoms with Crippen LogP contribution < -0.4 is 5.32 Å². The maximum atomic E-state index is 14.5. The standard InChI is InChI=1S/C17H15FN6/c18-12-10-15(11-6-2-1-3-7-11)23-16(12)19-17(21-23)24-14-9-5-4-8-13(14)20-22-24/h1-9,12,15-16H,10H2,(H,19,21)/t12-,15-,16?/m0/s1. The van der Waals surface area contributed by atoms with Gasteiger partial charge in [0, 0.05) is 6.42 Å². The molecule has 0 aliphatic carbocycles. The maximum Gasteiger partial charge on any atom is 0.245 e. The van der Waals surface area contributed by atoms with Crippen LogP contribution in [-0.4, -0.2) is 38.3 Å². The molecule has 6 nitrogen and oxygen atoms in total. The first-order valence-corrected chi connectivity index (χ1v) is 7.94. The van der Waals surface area contributed by atoms with Crippen LogP contribution in [0.3, 0.4) is 0 Å². The van der Waals surface area contributed by atoms with Crippen molar-refractivity contribution in [3.8, 4) is 0 Å². The molecule has 1 aromatic heterocycles. The summed E-state index contributed by atoms with van der Waals surface area (Å²) in [5.41, 5.74) is 2.69. The highest BCUT2D eigenvalue weighted by Gasteiger charge is 2.46. The molecule has 3 atom stereocenters. The van der Waals surface area contributed by atoms with Crippen molar-refractivity contribution in [2.24, 2.45) is 5.10 Å². The number of rotatable bonds is 1. The summed E-state index contributed by atoms with van der Waals surface area (Å²) >= 11 is 0. The summed E-state index contributed by atoms with van der Waals surface area (Å²) < 4.78 is 16.1. The molecule has 24 heavy (non-hydrogen) atoms. The van der Waals surface area contributed by atoms with Crippen molar-refractivity contribution in [1.29, 1.82) is 0 Å². The van der Waals surface area contributed by atoms with E-state index >= 15 is 0 Å². The number of aromatic nitrogens is 3. The number of alkyl halides is 1. The molecule has 0 spiro atoms. The van der Waals surface area contributed by atoms with E-state index in [0.717, 1.165) is 16.6 Å². The van der Waals surface area contributed by atoms with E-state index in [9.17, 15) is 4.39 Å². The van der Waals surface area contributed by atoms with Crippen LogP contribution in [0.2, 0.25) is 0 Å². The highest BCUT2D eigenvalue weighted by atomic mass is 19.1. The van der Waals surface area contributed by atoms with Crippen molar-refractivity contribution < 1.29 is 4.39 Å². The average Bonchev–Trinajstić information content (AvgIpc) is 3.30. The van der Waals surface area contributed by atoms with Crippen molar-refractivity contribution in [2.75, 3.05) is 0 Å². The summed E-state index contributed by atoms with van der Waals surface area (Å²) in [5.74, 6) is 0.511. The smallest absolute Gasteiger partial charge is 0.245 e. The van der Waals surface area contributed by atoms with Gasteiger partial charge in [0.25, 0.3) is 0 Å². The highest BCUT2D eigenvalue weighted by Crippen LogP contribution is 2.39. The summed E-state index contributed by atoms with van der Waals surface area (Å²) in [6, 6.07) is 17.5. The molecule has 120 valence electrons. The third-order valence-electron chi connectivity index (χ3n) is 4.62.